The molecular weight excluding hydrogens is 399 g/mol. The highest BCUT2D eigenvalue weighted by atomic mass is 32.1. The molecule has 1 aromatic carbocycles. The van der Waals surface area contributed by atoms with Crippen molar-refractivity contribution in [3.05, 3.63) is 84.2 Å². The Balaban J connectivity index is 1.56. The molecule has 0 radical (unpaired) electrons. The molecule has 4 heterocycles. The molecule has 0 spiro atoms. The maximum atomic E-state index is 13.5. The number of aromatic nitrogens is 2. The molecule has 0 unspecified atom stereocenters. The molecule has 0 aliphatic carbocycles. The third-order valence-corrected chi connectivity index (χ3v) is 6.16. The van der Waals surface area contributed by atoms with Crippen molar-refractivity contribution in [1.82, 2.24) is 19.8 Å². The normalized spacial score (nSPS) is 23.7. The molecule has 1 N–H and O–H groups in total. The Morgan fingerprint density at radius 2 is 2.00 bits per heavy atom. The van der Waals surface area contributed by atoms with E-state index < -0.39 is 0 Å². The molecule has 2 aromatic heterocycles. The predicted molar refractivity (Wildman–Crippen MR) is 117 cm³/mol. The van der Waals surface area contributed by atoms with Gasteiger partial charge in [0.15, 0.2) is 5.11 Å². The molecule has 0 saturated carbocycles. The minimum absolute atomic E-state index is 0.0587. The number of benzene rings is 1. The molecule has 7 heteroatoms. The van der Waals surface area contributed by atoms with E-state index in [1.165, 1.54) is 12.1 Å². The van der Waals surface area contributed by atoms with Crippen molar-refractivity contribution in [2.75, 3.05) is 13.2 Å². The fourth-order valence-corrected chi connectivity index (χ4v) is 4.72. The first-order chi connectivity index (χ1) is 14.7. The van der Waals surface area contributed by atoms with Crippen LogP contribution in [0.15, 0.2) is 67.0 Å². The van der Waals surface area contributed by atoms with Gasteiger partial charge >= 0.3 is 0 Å². The minimum atomic E-state index is -0.248. The van der Waals surface area contributed by atoms with Crippen molar-refractivity contribution >= 4 is 17.3 Å². The minimum Gasteiger partial charge on any atom is -0.376 e. The van der Waals surface area contributed by atoms with E-state index in [4.69, 9.17) is 17.0 Å². The maximum Gasteiger partial charge on any atom is 0.170 e. The number of thiocarbonyl (C=S) groups is 1. The largest absolute Gasteiger partial charge is 0.376 e. The van der Waals surface area contributed by atoms with Gasteiger partial charge in [-0.25, -0.2) is 4.39 Å². The van der Waals surface area contributed by atoms with Gasteiger partial charge in [0, 0.05) is 36.9 Å². The Morgan fingerprint density at radius 3 is 2.73 bits per heavy atom. The molecule has 2 fully saturated rings. The first-order valence-corrected chi connectivity index (χ1v) is 10.6. The third kappa shape index (κ3) is 3.59. The van der Waals surface area contributed by atoms with Gasteiger partial charge in [0.05, 0.1) is 23.9 Å². The van der Waals surface area contributed by atoms with Crippen LogP contribution in [0.3, 0.4) is 0 Å². The zero-order valence-electron chi connectivity index (χ0n) is 16.4. The van der Waals surface area contributed by atoms with E-state index in [0.29, 0.717) is 5.11 Å². The third-order valence-electron chi connectivity index (χ3n) is 5.81. The fourth-order valence-electron chi connectivity index (χ4n) is 4.40. The van der Waals surface area contributed by atoms with E-state index in [-0.39, 0.29) is 24.0 Å². The van der Waals surface area contributed by atoms with Crippen molar-refractivity contribution in [1.29, 1.82) is 0 Å². The number of nitrogens with one attached hydrogen (secondary N) is 1. The van der Waals surface area contributed by atoms with E-state index in [1.54, 1.807) is 18.3 Å². The molecule has 5 nitrogen and oxygen atoms in total. The molecule has 0 bridgehead atoms. The van der Waals surface area contributed by atoms with E-state index in [2.05, 4.69) is 25.8 Å². The van der Waals surface area contributed by atoms with Gasteiger partial charge in [-0.2, -0.15) is 0 Å². The highest BCUT2D eigenvalue weighted by Gasteiger charge is 2.42. The van der Waals surface area contributed by atoms with Crippen LogP contribution in [0.4, 0.5) is 4.39 Å². The first-order valence-electron chi connectivity index (χ1n) is 10.2. The second-order valence-electron chi connectivity index (χ2n) is 7.69. The summed E-state index contributed by atoms with van der Waals surface area (Å²) in [5.74, 6) is -0.248. The summed E-state index contributed by atoms with van der Waals surface area (Å²) in [4.78, 5) is 6.82. The Morgan fingerprint density at radius 1 is 1.13 bits per heavy atom. The average molecular weight is 423 g/mol. The standard InChI is InChI=1S/C23H23FN4OS/c24-16-8-10-17(11-9-16)27-13-3-7-20(27)22-21(19-6-1-2-12-25-19)26-23(30)28(22)15-18-5-4-14-29-18/h1-3,6-13,18,21-22H,4-5,14-15H2,(H,26,30)/t18-,21-,22-/m0/s1. The summed E-state index contributed by atoms with van der Waals surface area (Å²) in [5.41, 5.74) is 2.92. The van der Waals surface area contributed by atoms with Gasteiger partial charge in [-0.1, -0.05) is 6.07 Å². The van der Waals surface area contributed by atoms with Crippen LogP contribution >= 0.6 is 12.2 Å². The maximum absolute atomic E-state index is 13.5. The van der Waals surface area contributed by atoms with Crippen molar-refractivity contribution in [2.24, 2.45) is 0 Å². The molecule has 2 aliphatic rings. The summed E-state index contributed by atoms with van der Waals surface area (Å²) in [6, 6.07) is 16.4. The zero-order chi connectivity index (χ0) is 20.5. The van der Waals surface area contributed by atoms with Crippen molar-refractivity contribution < 1.29 is 9.13 Å². The molecule has 2 aliphatic heterocycles. The summed E-state index contributed by atoms with van der Waals surface area (Å²) in [6.45, 7) is 1.54. The van der Waals surface area contributed by atoms with Gasteiger partial charge < -0.3 is 19.5 Å². The number of halogens is 1. The first kappa shape index (κ1) is 19.2. The fraction of sp³-hybridized carbons (Fsp3) is 0.304. The topological polar surface area (TPSA) is 42.3 Å². The van der Waals surface area contributed by atoms with Crippen LogP contribution in [0.1, 0.15) is 36.3 Å². The van der Waals surface area contributed by atoms with E-state index >= 15 is 0 Å². The lowest BCUT2D eigenvalue weighted by Crippen LogP contribution is -2.36. The van der Waals surface area contributed by atoms with Crippen LogP contribution in [0.2, 0.25) is 0 Å². The Bertz CT molecular complexity index is 1020. The SMILES string of the molecule is Fc1ccc(-n2cccc2[C@H]2[C@H](c3ccccn3)NC(=S)N2C[C@@H]2CCCO2)cc1. The second-order valence-corrected chi connectivity index (χ2v) is 8.08. The molecule has 3 atom stereocenters. The number of rotatable bonds is 5. The summed E-state index contributed by atoms with van der Waals surface area (Å²) in [7, 11) is 0. The van der Waals surface area contributed by atoms with Crippen LogP contribution in [0.5, 0.6) is 0 Å². The lowest BCUT2D eigenvalue weighted by Gasteiger charge is -2.30. The van der Waals surface area contributed by atoms with Crippen molar-refractivity contribution in [2.45, 2.75) is 31.0 Å². The summed E-state index contributed by atoms with van der Waals surface area (Å²) < 4.78 is 21.5. The van der Waals surface area contributed by atoms with Gasteiger partial charge in [-0.05, 0) is 73.6 Å². The van der Waals surface area contributed by atoms with Crippen molar-refractivity contribution in [3.63, 3.8) is 0 Å². The number of hydrogen-bond acceptors (Lipinski definition) is 3. The quantitative estimate of drug-likeness (QED) is 0.626. The lowest BCUT2D eigenvalue weighted by atomic mass is 10.0. The summed E-state index contributed by atoms with van der Waals surface area (Å²) in [6.07, 6.45) is 6.10. The Labute approximate surface area is 180 Å². The van der Waals surface area contributed by atoms with Gasteiger partial charge in [0.2, 0.25) is 0 Å². The van der Waals surface area contributed by atoms with E-state index in [1.807, 2.05) is 30.5 Å². The molecule has 5 rings (SSSR count). The lowest BCUT2D eigenvalue weighted by molar-refractivity contribution is 0.0836. The monoisotopic (exact) mass is 422 g/mol. The van der Waals surface area contributed by atoms with Crippen LogP contribution in [-0.2, 0) is 4.74 Å². The predicted octanol–water partition coefficient (Wildman–Crippen LogP) is 4.16. The van der Waals surface area contributed by atoms with Crippen molar-refractivity contribution in [3.8, 4) is 5.69 Å². The van der Waals surface area contributed by atoms with Crippen LogP contribution in [-0.4, -0.2) is 38.8 Å². The van der Waals surface area contributed by atoms with Crippen LogP contribution < -0.4 is 5.32 Å². The summed E-state index contributed by atoms with van der Waals surface area (Å²) >= 11 is 5.75. The number of hydrogen-bond donors (Lipinski definition) is 1. The van der Waals surface area contributed by atoms with Gasteiger partial charge in [0.1, 0.15) is 5.82 Å². The van der Waals surface area contributed by atoms with E-state index in [0.717, 1.165) is 43.1 Å². The molecule has 0 amide bonds. The second kappa shape index (κ2) is 8.16. The van der Waals surface area contributed by atoms with Gasteiger partial charge in [0.25, 0.3) is 0 Å². The highest BCUT2D eigenvalue weighted by molar-refractivity contribution is 7.80. The molecule has 3 aromatic rings. The smallest absolute Gasteiger partial charge is 0.170 e. The summed E-state index contributed by atoms with van der Waals surface area (Å²) in [5, 5.41) is 4.19. The highest BCUT2D eigenvalue weighted by Crippen LogP contribution is 2.40. The molecule has 154 valence electrons. The number of nitrogens with zero attached hydrogens (tertiary/aromatic N) is 3. The van der Waals surface area contributed by atoms with Gasteiger partial charge in [-0.15, -0.1) is 0 Å². The Hall–Kier alpha value is -2.77. The Kier molecular flexibility index (Phi) is 5.23. The molecular formula is C23H23FN4OS. The molecule has 30 heavy (non-hydrogen) atoms. The van der Waals surface area contributed by atoms with Crippen LogP contribution in [0, 0.1) is 5.82 Å². The zero-order valence-corrected chi connectivity index (χ0v) is 17.3. The number of pyridine rings is 1. The van der Waals surface area contributed by atoms with E-state index in [9.17, 15) is 4.39 Å². The van der Waals surface area contributed by atoms with Crippen LogP contribution in [0.25, 0.3) is 5.69 Å². The van der Waals surface area contributed by atoms with Gasteiger partial charge in [-0.3, -0.25) is 4.98 Å². The number of ether oxygens (including phenoxy) is 1. The average Bonchev–Trinajstić information content (AvgIpc) is 3.51. The molecule has 2 saturated heterocycles.